The molecule has 0 heterocycles. The molecule has 0 radical (unpaired) electrons. The number of nitrogens with one attached hydrogen (secondary N) is 2. The molecule has 4 aromatic rings. The summed E-state index contributed by atoms with van der Waals surface area (Å²) in [5.74, 6) is 0.910. The fourth-order valence-corrected chi connectivity index (χ4v) is 4.92. The summed E-state index contributed by atoms with van der Waals surface area (Å²) < 4.78 is 63.6. The van der Waals surface area contributed by atoms with Crippen LogP contribution in [0.15, 0.2) is 101 Å². The highest BCUT2D eigenvalue weighted by atomic mass is 32.2. The zero-order valence-electron chi connectivity index (χ0n) is 23.5. The summed E-state index contributed by atoms with van der Waals surface area (Å²) in [6.07, 6.45) is 1.42. The number of methoxy groups -OCH3 is 1. The van der Waals surface area contributed by atoms with E-state index in [0.717, 1.165) is 0 Å². The first-order valence-corrected chi connectivity index (χ1v) is 14.6. The highest BCUT2D eigenvalue weighted by Gasteiger charge is 2.18. The lowest BCUT2D eigenvalue weighted by Gasteiger charge is -2.13. The van der Waals surface area contributed by atoms with Crippen LogP contribution in [0.25, 0.3) is 0 Å². The average molecular weight is 608 g/mol. The predicted octanol–water partition coefficient (Wildman–Crippen LogP) is 5.26. The van der Waals surface area contributed by atoms with Crippen molar-refractivity contribution >= 4 is 27.8 Å². The molecule has 1 amide bonds. The summed E-state index contributed by atoms with van der Waals surface area (Å²) >= 11 is 0. The summed E-state index contributed by atoms with van der Waals surface area (Å²) in [6.45, 7) is 2.70. The second-order valence-corrected chi connectivity index (χ2v) is 10.5. The third kappa shape index (κ3) is 8.69. The van der Waals surface area contributed by atoms with E-state index in [1.807, 2.05) is 6.92 Å². The quantitative estimate of drug-likeness (QED) is 0.114. The van der Waals surface area contributed by atoms with Gasteiger partial charge >= 0.3 is 0 Å². The van der Waals surface area contributed by atoms with Crippen LogP contribution in [-0.2, 0) is 10.0 Å². The van der Waals surface area contributed by atoms with Gasteiger partial charge in [-0.3, -0.25) is 9.52 Å². The molecule has 0 aliphatic rings. The number of benzene rings is 4. The van der Waals surface area contributed by atoms with Crippen LogP contribution in [0, 0.1) is 5.82 Å². The van der Waals surface area contributed by atoms with E-state index in [2.05, 4.69) is 15.2 Å². The monoisotopic (exact) mass is 607 g/mol. The second kappa shape index (κ2) is 14.7. The van der Waals surface area contributed by atoms with Crippen molar-refractivity contribution in [1.82, 2.24) is 5.43 Å². The molecule has 43 heavy (non-hydrogen) atoms. The summed E-state index contributed by atoms with van der Waals surface area (Å²) in [4.78, 5) is 12.6. The molecule has 12 heteroatoms. The summed E-state index contributed by atoms with van der Waals surface area (Å²) in [6, 6.07) is 23.0. The van der Waals surface area contributed by atoms with Gasteiger partial charge in [-0.05, 0) is 85.3 Å². The van der Waals surface area contributed by atoms with Crippen LogP contribution in [0.2, 0.25) is 0 Å². The van der Waals surface area contributed by atoms with Crippen LogP contribution in [0.1, 0.15) is 22.8 Å². The molecule has 0 unspecified atom stereocenters. The van der Waals surface area contributed by atoms with E-state index in [1.165, 1.54) is 61.9 Å². The number of para-hydroxylation sites is 2. The van der Waals surface area contributed by atoms with Gasteiger partial charge in [0.05, 0.1) is 30.5 Å². The molecule has 224 valence electrons. The van der Waals surface area contributed by atoms with Crippen molar-refractivity contribution in [3.8, 4) is 23.0 Å². The summed E-state index contributed by atoms with van der Waals surface area (Å²) in [7, 11) is -2.56. The molecule has 0 aromatic heterocycles. The summed E-state index contributed by atoms with van der Waals surface area (Å²) in [5, 5.41) is 4.00. The zero-order chi connectivity index (χ0) is 30.7. The average Bonchev–Trinajstić information content (AvgIpc) is 3.01. The molecule has 4 aromatic carbocycles. The molecular formula is C31H30FN3O7S. The molecule has 0 aliphatic carbocycles. The Balaban J connectivity index is 1.36. The smallest absolute Gasteiger partial charge is 0.271 e. The molecule has 0 saturated carbocycles. The number of nitrogens with zero attached hydrogens (tertiary/aromatic N) is 1. The normalized spacial score (nSPS) is 11.1. The Morgan fingerprint density at radius 2 is 1.63 bits per heavy atom. The van der Waals surface area contributed by atoms with E-state index < -0.39 is 15.9 Å². The fourth-order valence-electron chi connectivity index (χ4n) is 3.80. The third-order valence-corrected chi connectivity index (χ3v) is 7.19. The van der Waals surface area contributed by atoms with Gasteiger partial charge in [0.1, 0.15) is 30.5 Å². The molecular weight excluding hydrogens is 577 g/mol. The molecule has 4 rings (SSSR count). The lowest BCUT2D eigenvalue weighted by Crippen LogP contribution is -2.19. The number of hydrogen-bond donors (Lipinski definition) is 2. The number of ether oxygens (including phenoxy) is 4. The molecule has 0 aliphatic heterocycles. The van der Waals surface area contributed by atoms with Crippen molar-refractivity contribution in [2.24, 2.45) is 5.10 Å². The third-order valence-electron chi connectivity index (χ3n) is 5.83. The number of carbonyl (C=O) groups is 1. The van der Waals surface area contributed by atoms with Crippen LogP contribution >= 0.6 is 0 Å². The highest BCUT2D eigenvalue weighted by Crippen LogP contribution is 2.28. The van der Waals surface area contributed by atoms with Gasteiger partial charge in [0.2, 0.25) is 0 Å². The van der Waals surface area contributed by atoms with Gasteiger partial charge in [0, 0.05) is 5.56 Å². The van der Waals surface area contributed by atoms with Crippen LogP contribution in [0.3, 0.4) is 0 Å². The molecule has 2 N–H and O–H groups in total. The molecule has 0 saturated heterocycles. The maximum Gasteiger partial charge on any atom is 0.271 e. The summed E-state index contributed by atoms with van der Waals surface area (Å²) in [5.41, 5.74) is 3.39. The molecule has 0 spiro atoms. The lowest BCUT2D eigenvalue weighted by atomic mass is 10.2. The number of amides is 1. The first kappa shape index (κ1) is 30.8. The Morgan fingerprint density at radius 1 is 0.860 bits per heavy atom. The van der Waals surface area contributed by atoms with Crippen molar-refractivity contribution in [3.05, 3.63) is 108 Å². The van der Waals surface area contributed by atoms with Crippen molar-refractivity contribution in [2.75, 3.05) is 31.7 Å². The number of carbonyl (C=O) groups excluding carboxylic acids is 1. The minimum Gasteiger partial charge on any atom is -0.495 e. The van der Waals surface area contributed by atoms with E-state index in [4.69, 9.17) is 18.9 Å². The maximum absolute atomic E-state index is 13.0. The largest absolute Gasteiger partial charge is 0.495 e. The first-order chi connectivity index (χ1) is 20.8. The number of anilines is 1. The van der Waals surface area contributed by atoms with Crippen molar-refractivity contribution < 1.29 is 36.6 Å². The predicted molar refractivity (Wildman–Crippen MR) is 160 cm³/mol. The minimum absolute atomic E-state index is 0.0988. The van der Waals surface area contributed by atoms with E-state index >= 15 is 0 Å². The Morgan fingerprint density at radius 3 is 2.40 bits per heavy atom. The highest BCUT2D eigenvalue weighted by molar-refractivity contribution is 7.92. The topological polar surface area (TPSA) is 125 Å². The molecule has 10 nitrogen and oxygen atoms in total. The number of hydrazone groups is 1. The first-order valence-electron chi connectivity index (χ1n) is 13.2. The van der Waals surface area contributed by atoms with Gasteiger partial charge in [-0.15, -0.1) is 0 Å². The van der Waals surface area contributed by atoms with Crippen molar-refractivity contribution in [3.63, 3.8) is 0 Å². The van der Waals surface area contributed by atoms with E-state index in [0.29, 0.717) is 35.2 Å². The number of halogens is 1. The lowest BCUT2D eigenvalue weighted by molar-refractivity contribution is 0.0955. The standard InChI is InChI=1S/C31H30FN3O7S/c1-3-40-30-19-22(11-16-29(30)42-18-17-41-25-14-12-24(32)13-15-25)21-33-34-31(36)23-7-6-8-26(20-23)43(37,38)35-27-9-4-5-10-28(27)39-2/h4-16,19-21,35H,3,17-18H2,1-2H3,(H,34,36)/b33-21-. The van der Waals surface area contributed by atoms with E-state index in [-0.39, 0.29) is 35.2 Å². The second-order valence-electron chi connectivity index (χ2n) is 8.82. The van der Waals surface area contributed by atoms with Gasteiger partial charge in [0.15, 0.2) is 11.5 Å². The zero-order valence-corrected chi connectivity index (χ0v) is 24.3. The Bertz CT molecular complexity index is 1680. The van der Waals surface area contributed by atoms with Crippen LogP contribution in [-0.4, -0.2) is 47.5 Å². The van der Waals surface area contributed by atoms with Gasteiger partial charge < -0.3 is 18.9 Å². The van der Waals surface area contributed by atoms with Gasteiger partial charge in [-0.2, -0.15) is 5.10 Å². The fraction of sp³-hybridized carbons (Fsp3) is 0.161. The molecule has 0 bridgehead atoms. The molecule has 0 fully saturated rings. The van der Waals surface area contributed by atoms with Crippen LogP contribution < -0.4 is 29.1 Å². The Kier molecular flexibility index (Phi) is 10.5. The SMILES string of the molecule is CCOc1cc(/C=N\NC(=O)c2cccc(S(=O)(=O)Nc3ccccc3OC)c2)ccc1OCCOc1ccc(F)cc1. The Hall–Kier alpha value is -5.10. The number of sulfonamides is 1. The van der Waals surface area contributed by atoms with Crippen molar-refractivity contribution in [2.45, 2.75) is 11.8 Å². The van der Waals surface area contributed by atoms with Gasteiger partial charge in [-0.1, -0.05) is 18.2 Å². The number of hydrogen-bond acceptors (Lipinski definition) is 8. The number of rotatable bonds is 14. The van der Waals surface area contributed by atoms with Crippen molar-refractivity contribution in [1.29, 1.82) is 0 Å². The van der Waals surface area contributed by atoms with Crippen LogP contribution in [0.4, 0.5) is 10.1 Å². The minimum atomic E-state index is -4.00. The van der Waals surface area contributed by atoms with E-state index in [9.17, 15) is 17.6 Å². The van der Waals surface area contributed by atoms with Crippen LogP contribution in [0.5, 0.6) is 23.0 Å². The maximum atomic E-state index is 13.0. The van der Waals surface area contributed by atoms with Gasteiger partial charge in [0.25, 0.3) is 15.9 Å². The molecule has 0 atom stereocenters. The van der Waals surface area contributed by atoms with Gasteiger partial charge in [-0.25, -0.2) is 18.2 Å². The Labute approximate surface area is 249 Å². The van der Waals surface area contributed by atoms with E-state index in [1.54, 1.807) is 42.5 Å².